The lowest BCUT2D eigenvalue weighted by Gasteiger charge is -2.46. The summed E-state index contributed by atoms with van der Waals surface area (Å²) in [4.78, 5) is 15.3. The molecule has 2 rings (SSSR count). The first-order valence-corrected chi connectivity index (χ1v) is 7.13. The summed E-state index contributed by atoms with van der Waals surface area (Å²) in [5, 5.41) is 10.7. The fraction of sp³-hybridized carbons (Fsp3) is 0.600. The average Bonchev–Trinajstić information content (AvgIpc) is 2.43. The number of carbonyl (C=O) groups excluding carboxylic acids is 1. The molecule has 1 aromatic heterocycles. The summed E-state index contributed by atoms with van der Waals surface area (Å²) in [5.74, 6) is -0.414. The van der Waals surface area contributed by atoms with Crippen LogP contribution in [0.15, 0.2) is 18.5 Å². The Morgan fingerprint density at radius 2 is 2.38 bits per heavy atom. The van der Waals surface area contributed by atoms with E-state index in [0.717, 1.165) is 5.56 Å². The van der Waals surface area contributed by atoms with Gasteiger partial charge in [-0.05, 0) is 19.4 Å². The standard InChI is InChI=1S/C15H22N2O4/c1-4-15(19)9(2)20-13(7-14(15)21-10(3)18)11-5-6-17-8-12(11)16/h5-6,8-9,13-14,19H,4,7,16H2,1-3H3/t9-,13-,14-,15+/m1/s1. The number of ether oxygens (including phenoxy) is 2. The zero-order valence-electron chi connectivity index (χ0n) is 12.6. The predicted molar refractivity (Wildman–Crippen MR) is 77.3 cm³/mol. The van der Waals surface area contributed by atoms with Crippen LogP contribution >= 0.6 is 0 Å². The number of carbonyl (C=O) groups is 1. The average molecular weight is 294 g/mol. The van der Waals surface area contributed by atoms with E-state index in [1.807, 2.05) is 6.92 Å². The molecule has 6 nitrogen and oxygen atoms in total. The van der Waals surface area contributed by atoms with E-state index in [0.29, 0.717) is 18.5 Å². The molecule has 2 heterocycles. The van der Waals surface area contributed by atoms with Crippen molar-refractivity contribution in [2.24, 2.45) is 0 Å². The van der Waals surface area contributed by atoms with E-state index in [-0.39, 0.29) is 6.10 Å². The van der Waals surface area contributed by atoms with E-state index in [4.69, 9.17) is 15.2 Å². The van der Waals surface area contributed by atoms with Gasteiger partial charge in [-0.1, -0.05) is 6.92 Å². The number of pyridine rings is 1. The van der Waals surface area contributed by atoms with Gasteiger partial charge in [-0.25, -0.2) is 0 Å². The van der Waals surface area contributed by atoms with Gasteiger partial charge < -0.3 is 20.3 Å². The van der Waals surface area contributed by atoms with E-state index in [2.05, 4.69) is 4.98 Å². The summed E-state index contributed by atoms with van der Waals surface area (Å²) < 4.78 is 11.3. The number of nitrogens with zero attached hydrogens (tertiary/aromatic N) is 1. The SMILES string of the molecule is CC[C@]1(O)[C@@H](C)O[C@@H](c2ccncc2N)C[C@H]1OC(C)=O. The van der Waals surface area contributed by atoms with Gasteiger partial charge in [0.25, 0.3) is 0 Å². The van der Waals surface area contributed by atoms with Crippen molar-refractivity contribution in [2.75, 3.05) is 5.73 Å². The molecule has 1 saturated heterocycles. The molecule has 1 aromatic rings. The number of nitrogens with two attached hydrogens (primary N) is 1. The summed E-state index contributed by atoms with van der Waals surface area (Å²) >= 11 is 0. The molecule has 1 fully saturated rings. The molecule has 116 valence electrons. The third-order valence-electron chi connectivity index (χ3n) is 4.17. The molecule has 3 N–H and O–H groups in total. The number of aliphatic hydroxyl groups is 1. The molecular weight excluding hydrogens is 272 g/mol. The molecule has 1 aliphatic rings. The Morgan fingerprint density at radius 3 is 2.95 bits per heavy atom. The second kappa shape index (κ2) is 5.99. The molecule has 0 amide bonds. The van der Waals surface area contributed by atoms with Crippen molar-refractivity contribution in [3.63, 3.8) is 0 Å². The molecule has 0 aliphatic carbocycles. The van der Waals surface area contributed by atoms with Gasteiger partial charge in [-0.15, -0.1) is 0 Å². The summed E-state index contributed by atoms with van der Waals surface area (Å²) in [7, 11) is 0. The molecule has 4 atom stereocenters. The lowest BCUT2D eigenvalue weighted by molar-refractivity contribution is -0.234. The second-order valence-electron chi connectivity index (χ2n) is 5.45. The van der Waals surface area contributed by atoms with Crippen molar-refractivity contribution in [3.8, 4) is 0 Å². The van der Waals surface area contributed by atoms with Crippen LogP contribution in [-0.4, -0.2) is 33.9 Å². The van der Waals surface area contributed by atoms with Gasteiger partial charge in [-0.3, -0.25) is 9.78 Å². The van der Waals surface area contributed by atoms with Gasteiger partial charge in [0.05, 0.1) is 24.1 Å². The smallest absolute Gasteiger partial charge is 0.303 e. The third kappa shape index (κ3) is 3.01. The minimum Gasteiger partial charge on any atom is -0.459 e. The Balaban J connectivity index is 2.29. The molecule has 0 saturated carbocycles. The number of esters is 1. The maximum atomic E-state index is 11.3. The monoisotopic (exact) mass is 294 g/mol. The molecule has 1 aliphatic heterocycles. The summed E-state index contributed by atoms with van der Waals surface area (Å²) in [6.45, 7) is 4.97. The number of nitrogen functional groups attached to an aromatic ring is 1. The quantitative estimate of drug-likeness (QED) is 0.822. The van der Waals surface area contributed by atoms with Crippen LogP contribution in [0.3, 0.4) is 0 Å². The van der Waals surface area contributed by atoms with Crippen molar-refractivity contribution >= 4 is 11.7 Å². The fourth-order valence-corrected chi connectivity index (χ4v) is 2.86. The Hall–Kier alpha value is -1.66. The van der Waals surface area contributed by atoms with Gasteiger partial charge in [-0.2, -0.15) is 0 Å². The molecule has 6 heteroatoms. The van der Waals surface area contributed by atoms with Crippen LogP contribution < -0.4 is 5.73 Å². The van der Waals surface area contributed by atoms with Crippen LogP contribution in [0.25, 0.3) is 0 Å². The van der Waals surface area contributed by atoms with Gasteiger partial charge in [0.1, 0.15) is 11.7 Å². The minimum atomic E-state index is -1.19. The van der Waals surface area contributed by atoms with E-state index in [1.165, 1.54) is 6.92 Å². The van der Waals surface area contributed by atoms with Crippen molar-refractivity contribution in [3.05, 3.63) is 24.0 Å². The molecule has 21 heavy (non-hydrogen) atoms. The molecule has 0 spiro atoms. The number of rotatable bonds is 3. The topological polar surface area (TPSA) is 94.7 Å². The zero-order valence-corrected chi connectivity index (χ0v) is 12.6. The largest absolute Gasteiger partial charge is 0.459 e. The summed E-state index contributed by atoms with van der Waals surface area (Å²) in [5.41, 5.74) is 6.06. The van der Waals surface area contributed by atoms with E-state index >= 15 is 0 Å². The molecule has 0 unspecified atom stereocenters. The highest BCUT2D eigenvalue weighted by Crippen LogP contribution is 2.41. The van der Waals surface area contributed by atoms with Crippen LogP contribution in [0.4, 0.5) is 5.69 Å². The summed E-state index contributed by atoms with van der Waals surface area (Å²) in [6, 6.07) is 1.79. The normalized spacial score (nSPS) is 32.7. The Kier molecular flexibility index (Phi) is 4.49. The van der Waals surface area contributed by atoms with E-state index in [9.17, 15) is 9.90 Å². The second-order valence-corrected chi connectivity index (χ2v) is 5.45. The van der Waals surface area contributed by atoms with E-state index in [1.54, 1.807) is 25.4 Å². The van der Waals surface area contributed by atoms with Crippen LogP contribution in [-0.2, 0) is 14.3 Å². The first kappa shape index (κ1) is 15.7. The van der Waals surface area contributed by atoms with Gasteiger partial charge >= 0.3 is 5.97 Å². The molecule has 0 aromatic carbocycles. The zero-order chi connectivity index (χ0) is 15.6. The lowest BCUT2D eigenvalue weighted by Crippen LogP contribution is -2.57. The number of hydrogen-bond donors (Lipinski definition) is 2. The third-order valence-corrected chi connectivity index (χ3v) is 4.17. The summed E-state index contributed by atoms with van der Waals surface area (Å²) in [6.07, 6.45) is 2.57. The Labute approximate surface area is 124 Å². The van der Waals surface area contributed by atoms with Crippen LogP contribution in [0.5, 0.6) is 0 Å². The molecule has 0 radical (unpaired) electrons. The van der Waals surface area contributed by atoms with Gasteiger partial charge in [0.2, 0.25) is 0 Å². The number of aromatic nitrogens is 1. The number of anilines is 1. The van der Waals surface area contributed by atoms with Crippen molar-refractivity contribution in [1.82, 2.24) is 4.98 Å². The van der Waals surface area contributed by atoms with Crippen LogP contribution in [0, 0.1) is 0 Å². The first-order valence-electron chi connectivity index (χ1n) is 7.13. The molecule has 0 bridgehead atoms. The highest BCUT2D eigenvalue weighted by Gasteiger charge is 2.49. The van der Waals surface area contributed by atoms with Gasteiger partial charge in [0, 0.05) is 25.1 Å². The predicted octanol–water partition coefficient (Wildman–Crippen LogP) is 1.59. The maximum Gasteiger partial charge on any atom is 0.303 e. The van der Waals surface area contributed by atoms with E-state index < -0.39 is 23.8 Å². The Bertz CT molecular complexity index is 522. The fourth-order valence-electron chi connectivity index (χ4n) is 2.86. The van der Waals surface area contributed by atoms with Crippen LogP contribution in [0.2, 0.25) is 0 Å². The lowest BCUT2D eigenvalue weighted by atomic mass is 9.81. The highest BCUT2D eigenvalue weighted by atomic mass is 16.6. The van der Waals surface area contributed by atoms with Crippen molar-refractivity contribution in [1.29, 1.82) is 0 Å². The van der Waals surface area contributed by atoms with Crippen LogP contribution in [0.1, 0.15) is 45.3 Å². The highest BCUT2D eigenvalue weighted by molar-refractivity contribution is 5.66. The van der Waals surface area contributed by atoms with Crippen molar-refractivity contribution < 1.29 is 19.4 Å². The first-order chi connectivity index (χ1) is 9.88. The maximum absolute atomic E-state index is 11.3. The molecular formula is C15H22N2O4. The minimum absolute atomic E-state index is 0.334. The Morgan fingerprint density at radius 1 is 1.67 bits per heavy atom. The van der Waals surface area contributed by atoms with Gasteiger partial charge in [0.15, 0.2) is 0 Å². The number of hydrogen-bond acceptors (Lipinski definition) is 6. The van der Waals surface area contributed by atoms with Crippen molar-refractivity contribution in [2.45, 2.75) is 57.5 Å².